The molecule has 0 spiro atoms. The predicted octanol–water partition coefficient (Wildman–Crippen LogP) is 1.79. The zero-order valence-corrected chi connectivity index (χ0v) is 9.54. The van der Waals surface area contributed by atoms with Crippen LogP contribution >= 0.6 is 0 Å². The van der Waals surface area contributed by atoms with Gasteiger partial charge in [0.25, 0.3) is 0 Å². The number of allylic oxidation sites excluding steroid dienone is 2. The molecule has 0 radical (unpaired) electrons. The molecule has 0 aromatic rings. The van der Waals surface area contributed by atoms with Gasteiger partial charge in [-0.2, -0.15) is 0 Å². The Morgan fingerprint density at radius 3 is 2.17 bits per heavy atom. The first kappa shape index (κ1) is 9.96. The van der Waals surface area contributed by atoms with E-state index in [-0.39, 0.29) is 0 Å². The molecule has 1 rings (SSSR count). The summed E-state index contributed by atoms with van der Waals surface area (Å²) >= 11 is 0. The molecule has 1 unspecified atom stereocenters. The van der Waals surface area contributed by atoms with Crippen molar-refractivity contribution < 1.29 is 8.85 Å². The van der Waals surface area contributed by atoms with E-state index in [9.17, 15) is 0 Å². The monoisotopic (exact) mass is 186 g/mol. The molecule has 0 saturated heterocycles. The largest absolute Gasteiger partial charge is 0.397 e. The molecule has 0 bridgehead atoms. The average molecular weight is 186 g/mol. The summed E-state index contributed by atoms with van der Waals surface area (Å²) in [6.07, 6.45) is 2.41. The van der Waals surface area contributed by atoms with E-state index >= 15 is 0 Å². The third-order valence-corrected chi connectivity index (χ3v) is 4.64. The molecule has 12 heavy (non-hydrogen) atoms. The molecule has 1 aliphatic carbocycles. The summed E-state index contributed by atoms with van der Waals surface area (Å²) in [6.45, 7) is 4.49. The molecule has 0 heterocycles. The Labute approximate surface area is 76.4 Å². The minimum Gasteiger partial charge on any atom is -0.397 e. The zero-order valence-electron chi connectivity index (χ0n) is 8.39. The SMILES string of the molecule is CO[SiH](OC)C1=C(C)CC(C)C1. The molecule has 0 aromatic carbocycles. The second kappa shape index (κ2) is 4.21. The van der Waals surface area contributed by atoms with Crippen molar-refractivity contribution in [1.82, 2.24) is 0 Å². The van der Waals surface area contributed by atoms with Crippen LogP contribution in [-0.4, -0.2) is 23.5 Å². The van der Waals surface area contributed by atoms with Crippen molar-refractivity contribution in [2.75, 3.05) is 14.2 Å². The van der Waals surface area contributed by atoms with Crippen LogP contribution in [0.25, 0.3) is 0 Å². The highest BCUT2D eigenvalue weighted by atomic mass is 28.3. The quantitative estimate of drug-likeness (QED) is 0.626. The second-order valence-electron chi connectivity index (χ2n) is 3.62. The summed E-state index contributed by atoms with van der Waals surface area (Å²) in [5, 5.41) is 1.48. The number of hydrogen-bond donors (Lipinski definition) is 0. The van der Waals surface area contributed by atoms with Gasteiger partial charge in [0.1, 0.15) is 0 Å². The van der Waals surface area contributed by atoms with Gasteiger partial charge in [0.15, 0.2) is 0 Å². The van der Waals surface area contributed by atoms with Crippen LogP contribution in [0, 0.1) is 5.92 Å². The normalized spacial score (nSPS) is 24.2. The van der Waals surface area contributed by atoms with Gasteiger partial charge in [-0.3, -0.25) is 0 Å². The van der Waals surface area contributed by atoms with Gasteiger partial charge in [-0.25, -0.2) is 0 Å². The molecule has 3 heteroatoms. The van der Waals surface area contributed by atoms with Crippen molar-refractivity contribution in [3.8, 4) is 0 Å². The van der Waals surface area contributed by atoms with Crippen LogP contribution in [0.3, 0.4) is 0 Å². The summed E-state index contributed by atoms with van der Waals surface area (Å²) in [7, 11) is 2.05. The van der Waals surface area contributed by atoms with Crippen LogP contribution in [0.2, 0.25) is 0 Å². The van der Waals surface area contributed by atoms with E-state index in [1.54, 1.807) is 14.2 Å². The fourth-order valence-corrected chi connectivity index (χ4v) is 3.83. The lowest BCUT2D eigenvalue weighted by Gasteiger charge is -2.13. The van der Waals surface area contributed by atoms with Crippen LogP contribution in [0.15, 0.2) is 10.8 Å². The summed E-state index contributed by atoms with van der Waals surface area (Å²) < 4.78 is 10.7. The lowest BCUT2D eigenvalue weighted by Crippen LogP contribution is -2.22. The fourth-order valence-electron chi connectivity index (χ4n) is 1.95. The summed E-state index contributed by atoms with van der Waals surface area (Å²) in [5.74, 6) is 0.792. The third-order valence-electron chi connectivity index (χ3n) is 2.48. The topological polar surface area (TPSA) is 18.5 Å². The highest BCUT2D eigenvalue weighted by Crippen LogP contribution is 2.32. The molecule has 0 saturated carbocycles. The molecule has 0 aromatic heterocycles. The van der Waals surface area contributed by atoms with Crippen LogP contribution in [0.5, 0.6) is 0 Å². The second-order valence-corrected chi connectivity index (χ2v) is 5.93. The van der Waals surface area contributed by atoms with Gasteiger partial charge in [-0.1, -0.05) is 12.5 Å². The molecule has 2 nitrogen and oxygen atoms in total. The van der Waals surface area contributed by atoms with Gasteiger partial charge >= 0.3 is 9.28 Å². The molecule has 1 aliphatic rings. The van der Waals surface area contributed by atoms with E-state index in [1.807, 2.05) is 0 Å². The molecule has 70 valence electrons. The first-order valence-electron chi connectivity index (χ1n) is 4.43. The Hall–Kier alpha value is -0.123. The van der Waals surface area contributed by atoms with Crippen LogP contribution in [0.1, 0.15) is 26.7 Å². The molecule has 0 fully saturated rings. The van der Waals surface area contributed by atoms with E-state index < -0.39 is 9.28 Å². The molecule has 0 amide bonds. The molecular weight excluding hydrogens is 168 g/mol. The van der Waals surface area contributed by atoms with E-state index in [4.69, 9.17) is 8.85 Å². The highest BCUT2D eigenvalue weighted by molar-refractivity contribution is 6.53. The summed E-state index contributed by atoms with van der Waals surface area (Å²) in [4.78, 5) is 0. The summed E-state index contributed by atoms with van der Waals surface area (Å²) in [6, 6.07) is 0. The van der Waals surface area contributed by atoms with Gasteiger partial charge in [0.05, 0.1) is 0 Å². The van der Waals surface area contributed by atoms with Crippen molar-refractivity contribution in [1.29, 1.82) is 0 Å². The van der Waals surface area contributed by atoms with E-state index in [1.165, 1.54) is 23.6 Å². The van der Waals surface area contributed by atoms with Crippen LogP contribution in [-0.2, 0) is 8.85 Å². The maximum absolute atomic E-state index is 5.36. The Bertz CT molecular complexity index is 185. The third kappa shape index (κ3) is 1.97. The Morgan fingerprint density at radius 1 is 1.25 bits per heavy atom. The van der Waals surface area contributed by atoms with E-state index in [0.717, 1.165) is 5.92 Å². The van der Waals surface area contributed by atoms with Gasteiger partial charge in [0, 0.05) is 14.2 Å². The average Bonchev–Trinajstić information content (AvgIpc) is 2.34. The van der Waals surface area contributed by atoms with E-state index in [2.05, 4.69) is 13.8 Å². The maximum Gasteiger partial charge on any atom is 0.351 e. The molecule has 0 N–H and O–H groups in total. The van der Waals surface area contributed by atoms with Crippen molar-refractivity contribution in [2.24, 2.45) is 5.92 Å². The lowest BCUT2D eigenvalue weighted by atomic mass is 10.1. The number of hydrogen-bond acceptors (Lipinski definition) is 2. The number of rotatable bonds is 3. The zero-order chi connectivity index (χ0) is 9.14. The van der Waals surface area contributed by atoms with E-state index in [0.29, 0.717) is 0 Å². The summed E-state index contributed by atoms with van der Waals surface area (Å²) in [5.41, 5.74) is 1.50. The minimum absolute atomic E-state index is 0.792. The smallest absolute Gasteiger partial charge is 0.351 e. The first-order chi connectivity index (χ1) is 5.69. The van der Waals surface area contributed by atoms with Crippen molar-refractivity contribution >= 4 is 9.28 Å². The fraction of sp³-hybridized carbons (Fsp3) is 0.778. The predicted molar refractivity (Wildman–Crippen MR) is 52.3 cm³/mol. The maximum atomic E-state index is 5.36. The van der Waals surface area contributed by atoms with Crippen molar-refractivity contribution in [3.05, 3.63) is 10.8 Å². The standard InChI is InChI=1S/C9H18O2Si/c1-7-5-8(2)9(6-7)12(10-3)11-4/h7,12H,5-6H2,1-4H3. The van der Waals surface area contributed by atoms with Crippen LogP contribution < -0.4 is 0 Å². The first-order valence-corrected chi connectivity index (χ1v) is 5.95. The molecule has 0 aliphatic heterocycles. The van der Waals surface area contributed by atoms with Gasteiger partial charge in [-0.15, -0.1) is 0 Å². The Kier molecular flexibility index (Phi) is 3.49. The lowest BCUT2D eigenvalue weighted by molar-refractivity contribution is 0.285. The highest BCUT2D eigenvalue weighted by Gasteiger charge is 2.26. The Balaban J connectivity index is 2.66. The van der Waals surface area contributed by atoms with Gasteiger partial charge < -0.3 is 8.85 Å². The Morgan fingerprint density at radius 2 is 1.83 bits per heavy atom. The van der Waals surface area contributed by atoms with Crippen molar-refractivity contribution in [2.45, 2.75) is 26.7 Å². The van der Waals surface area contributed by atoms with Crippen LogP contribution in [0.4, 0.5) is 0 Å². The molecule has 1 atom stereocenters. The minimum atomic E-state index is -1.46. The van der Waals surface area contributed by atoms with Gasteiger partial charge in [0.2, 0.25) is 0 Å². The van der Waals surface area contributed by atoms with Gasteiger partial charge in [-0.05, 0) is 30.9 Å². The van der Waals surface area contributed by atoms with Crippen molar-refractivity contribution in [3.63, 3.8) is 0 Å². The molecular formula is C9H18O2Si.